The lowest BCUT2D eigenvalue weighted by atomic mass is 10.0. The Morgan fingerprint density at radius 3 is 3.12 bits per heavy atom. The maximum Gasteiger partial charge on any atom is 0.0826 e. The van der Waals surface area contributed by atoms with Crippen LogP contribution in [0.4, 0.5) is 0 Å². The van der Waals surface area contributed by atoms with Gasteiger partial charge in [-0.25, -0.2) is 0 Å². The summed E-state index contributed by atoms with van der Waals surface area (Å²) in [6, 6.07) is 1.60. The number of fused-ring (bicyclic) bond motifs is 1. The van der Waals surface area contributed by atoms with Crippen molar-refractivity contribution in [2.75, 3.05) is 46.4 Å². The zero-order chi connectivity index (χ0) is 11.7. The van der Waals surface area contributed by atoms with E-state index in [0.29, 0.717) is 6.10 Å². The van der Waals surface area contributed by atoms with Crippen LogP contribution in [0, 0.1) is 0 Å². The summed E-state index contributed by atoms with van der Waals surface area (Å²) in [5.74, 6) is 0. The molecule has 4 nitrogen and oxygen atoms in total. The molecule has 3 saturated heterocycles. The molecule has 0 aromatic carbocycles. The van der Waals surface area contributed by atoms with Crippen LogP contribution in [-0.4, -0.2) is 74.4 Å². The number of morpholine rings is 1. The van der Waals surface area contributed by atoms with Crippen molar-refractivity contribution in [1.82, 2.24) is 15.1 Å². The molecule has 0 spiro atoms. The van der Waals surface area contributed by atoms with Crippen molar-refractivity contribution >= 4 is 0 Å². The SMILES string of the molecule is CN(CC1CNCCO1)C1CCN2CCCC12. The molecule has 3 fully saturated rings. The Morgan fingerprint density at radius 2 is 2.29 bits per heavy atom. The van der Waals surface area contributed by atoms with Gasteiger partial charge in [-0.2, -0.15) is 0 Å². The number of hydrogen-bond donors (Lipinski definition) is 1. The van der Waals surface area contributed by atoms with Crippen LogP contribution in [0.25, 0.3) is 0 Å². The van der Waals surface area contributed by atoms with Crippen LogP contribution in [0.15, 0.2) is 0 Å². The minimum atomic E-state index is 0.393. The molecule has 3 aliphatic heterocycles. The zero-order valence-electron chi connectivity index (χ0n) is 10.9. The molecule has 3 unspecified atom stereocenters. The summed E-state index contributed by atoms with van der Waals surface area (Å²) in [5.41, 5.74) is 0. The van der Waals surface area contributed by atoms with Gasteiger partial charge in [0, 0.05) is 38.3 Å². The number of rotatable bonds is 3. The van der Waals surface area contributed by atoms with Crippen LogP contribution < -0.4 is 5.32 Å². The van der Waals surface area contributed by atoms with E-state index < -0.39 is 0 Å². The van der Waals surface area contributed by atoms with Crippen molar-refractivity contribution in [3.05, 3.63) is 0 Å². The van der Waals surface area contributed by atoms with Crippen molar-refractivity contribution in [3.63, 3.8) is 0 Å². The quantitative estimate of drug-likeness (QED) is 0.758. The molecule has 0 aromatic rings. The van der Waals surface area contributed by atoms with Gasteiger partial charge in [0.15, 0.2) is 0 Å². The fraction of sp³-hybridized carbons (Fsp3) is 1.00. The van der Waals surface area contributed by atoms with Crippen LogP contribution in [0.1, 0.15) is 19.3 Å². The first-order valence-corrected chi connectivity index (χ1v) is 7.11. The summed E-state index contributed by atoms with van der Waals surface area (Å²) >= 11 is 0. The molecule has 0 saturated carbocycles. The summed E-state index contributed by atoms with van der Waals surface area (Å²) in [7, 11) is 2.28. The summed E-state index contributed by atoms with van der Waals surface area (Å²) in [5, 5.41) is 3.42. The van der Waals surface area contributed by atoms with Gasteiger partial charge in [-0.1, -0.05) is 0 Å². The van der Waals surface area contributed by atoms with Gasteiger partial charge >= 0.3 is 0 Å². The summed E-state index contributed by atoms with van der Waals surface area (Å²) in [4.78, 5) is 5.23. The van der Waals surface area contributed by atoms with Gasteiger partial charge in [-0.3, -0.25) is 9.80 Å². The first-order chi connectivity index (χ1) is 8.34. The largest absolute Gasteiger partial charge is 0.374 e. The van der Waals surface area contributed by atoms with E-state index in [-0.39, 0.29) is 0 Å². The van der Waals surface area contributed by atoms with Crippen LogP contribution in [0.5, 0.6) is 0 Å². The third kappa shape index (κ3) is 2.50. The Hall–Kier alpha value is -0.160. The lowest BCUT2D eigenvalue weighted by Crippen LogP contribution is -2.49. The van der Waals surface area contributed by atoms with Crippen molar-refractivity contribution in [3.8, 4) is 0 Å². The molecular formula is C13H25N3O. The highest BCUT2D eigenvalue weighted by Crippen LogP contribution is 2.30. The minimum Gasteiger partial charge on any atom is -0.374 e. The number of nitrogens with one attached hydrogen (secondary N) is 1. The molecule has 1 N–H and O–H groups in total. The molecule has 0 aliphatic carbocycles. The molecule has 4 heteroatoms. The first-order valence-electron chi connectivity index (χ1n) is 7.11. The smallest absolute Gasteiger partial charge is 0.0826 e. The fourth-order valence-corrected chi connectivity index (χ4v) is 3.76. The van der Waals surface area contributed by atoms with Crippen molar-refractivity contribution in [2.24, 2.45) is 0 Å². The average Bonchev–Trinajstić information content (AvgIpc) is 2.91. The standard InChI is InChI=1S/C13H25N3O/c1-15(10-11-9-14-5-8-17-11)12-4-7-16-6-2-3-13(12)16/h11-14H,2-10H2,1H3. The van der Waals surface area contributed by atoms with Gasteiger partial charge in [0.1, 0.15) is 0 Å². The monoisotopic (exact) mass is 239 g/mol. The molecule has 17 heavy (non-hydrogen) atoms. The van der Waals surface area contributed by atoms with Gasteiger partial charge in [0.25, 0.3) is 0 Å². The minimum absolute atomic E-state index is 0.393. The van der Waals surface area contributed by atoms with Crippen molar-refractivity contribution in [1.29, 1.82) is 0 Å². The van der Waals surface area contributed by atoms with E-state index >= 15 is 0 Å². The van der Waals surface area contributed by atoms with Crippen LogP contribution in [0.3, 0.4) is 0 Å². The van der Waals surface area contributed by atoms with Crippen LogP contribution >= 0.6 is 0 Å². The third-order valence-corrected chi connectivity index (χ3v) is 4.63. The molecule has 0 radical (unpaired) electrons. The second kappa shape index (κ2) is 5.22. The molecule has 98 valence electrons. The highest BCUT2D eigenvalue weighted by molar-refractivity contribution is 4.96. The van der Waals surface area contributed by atoms with E-state index in [4.69, 9.17) is 4.74 Å². The zero-order valence-corrected chi connectivity index (χ0v) is 10.9. The number of likely N-dealkylation sites (N-methyl/N-ethyl adjacent to an activating group) is 1. The van der Waals surface area contributed by atoms with E-state index in [9.17, 15) is 0 Å². The molecule has 3 atom stereocenters. The Bertz CT molecular complexity index is 255. The molecule has 0 aromatic heterocycles. The Labute approximate surface area is 104 Å². The highest BCUT2D eigenvalue weighted by atomic mass is 16.5. The summed E-state index contributed by atoms with van der Waals surface area (Å²) in [6.45, 7) is 6.63. The normalized spacial score (nSPS) is 38.8. The van der Waals surface area contributed by atoms with Crippen molar-refractivity contribution in [2.45, 2.75) is 37.5 Å². The molecule has 3 heterocycles. The van der Waals surface area contributed by atoms with Crippen LogP contribution in [0.2, 0.25) is 0 Å². The van der Waals surface area contributed by atoms with E-state index in [1.165, 1.54) is 32.4 Å². The third-order valence-electron chi connectivity index (χ3n) is 4.63. The van der Waals surface area contributed by atoms with Crippen molar-refractivity contribution < 1.29 is 4.74 Å². The molecule has 0 amide bonds. The fourth-order valence-electron chi connectivity index (χ4n) is 3.76. The first kappa shape index (κ1) is 11.9. The van der Waals surface area contributed by atoms with Gasteiger partial charge in [-0.15, -0.1) is 0 Å². The second-order valence-corrected chi connectivity index (χ2v) is 5.74. The molecule has 0 bridgehead atoms. The number of hydrogen-bond acceptors (Lipinski definition) is 4. The van der Waals surface area contributed by atoms with Crippen LogP contribution in [-0.2, 0) is 4.74 Å². The highest BCUT2D eigenvalue weighted by Gasteiger charge is 2.39. The Balaban J connectivity index is 1.53. The van der Waals surface area contributed by atoms with E-state index in [0.717, 1.165) is 38.3 Å². The predicted octanol–water partition coefficient (Wildman–Crippen LogP) is 0.143. The molecule has 3 aliphatic rings. The Kier molecular flexibility index (Phi) is 3.66. The van der Waals surface area contributed by atoms with E-state index in [1.807, 2.05) is 0 Å². The number of ether oxygens (including phenoxy) is 1. The second-order valence-electron chi connectivity index (χ2n) is 5.74. The van der Waals surface area contributed by atoms with E-state index in [1.54, 1.807) is 0 Å². The predicted molar refractivity (Wildman–Crippen MR) is 68.2 cm³/mol. The topological polar surface area (TPSA) is 27.7 Å². The average molecular weight is 239 g/mol. The van der Waals surface area contributed by atoms with Gasteiger partial charge in [0.2, 0.25) is 0 Å². The summed E-state index contributed by atoms with van der Waals surface area (Å²) in [6.07, 6.45) is 4.54. The molecule has 3 rings (SSSR count). The Morgan fingerprint density at radius 1 is 1.35 bits per heavy atom. The lowest BCUT2D eigenvalue weighted by molar-refractivity contribution is 0.000750. The summed E-state index contributed by atoms with van der Waals surface area (Å²) < 4.78 is 5.80. The molecular weight excluding hydrogens is 214 g/mol. The maximum atomic E-state index is 5.80. The number of nitrogens with zero attached hydrogens (tertiary/aromatic N) is 2. The maximum absolute atomic E-state index is 5.80. The van der Waals surface area contributed by atoms with Gasteiger partial charge in [0.05, 0.1) is 12.7 Å². The van der Waals surface area contributed by atoms with E-state index in [2.05, 4.69) is 22.2 Å². The van der Waals surface area contributed by atoms with Gasteiger partial charge in [-0.05, 0) is 32.9 Å². The lowest BCUT2D eigenvalue weighted by Gasteiger charge is -2.33. The van der Waals surface area contributed by atoms with Gasteiger partial charge < -0.3 is 10.1 Å².